The molecule has 1 aliphatic rings. The minimum Gasteiger partial charge on any atom is -0.320 e. The Kier molecular flexibility index (Phi) is 4.90. The van der Waals surface area contributed by atoms with Crippen LogP contribution in [0.4, 0.5) is 18.9 Å². The van der Waals surface area contributed by atoms with Crippen molar-refractivity contribution in [3.8, 4) is 0 Å². The highest BCUT2D eigenvalue weighted by Gasteiger charge is 2.40. The van der Waals surface area contributed by atoms with Crippen molar-refractivity contribution in [2.24, 2.45) is 5.73 Å². The molecule has 1 heterocycles. The van der Waals surface area contributed by atoms with Crippen molar-refractivity contribution in [2.45, 2.75) is 35.8 Å². The third-order valence-corrected chi connectivity index (χ3v) is 5.51. The van der Waals surface area contributed by atoms with E-state index in [1.807, 2.05) is 30.3 Å². The molecular formula is C18H17F3N2O2S. The van der Waals surface area contributed by atoms with E-state index in [1.54, 1.807) is 6.92 Å². The van der Waals surface area contributed by atoms with Crippen molar-refractivity contribution >= 4 is 22.4 Å². The monoisotopic (exact) mass is 382 g/mol. The molecule has 2 aromatic carbocycles. The number of carbonyl (C=O) groups is 1. The molecule has 4 nitrogen and oxygen atoms in total. The number of alkyl halides is 3. The number of anilines is 1. The molecule has 2 aromatic rings. The molecule has 3 rings (SSSR count). The van der Waals surface area contributed by atoms with Crippen LogP contribution in [0.15, 0.2) is 53.4 Å². The van der Waals surface area contributed by atoms with Crippen molar-refractivity contribution in [1.82, 2.24) is 0 Å². The Hall–Kier alpha value is -2.19. The van der Waals surface area contributed by atoms with Crippen molar-refractivity contribution in [1.29, 1.82) is 0 Å². The first-order chi connectivity index (χ1) is 12.2. The lowest BCUT2D eigenvalue weighted by Gasteiger charge is -2.37. The van der Waals surface area contributed by atoms with Gasteiger partial charge in [-0.05, 0) is 36.6 Å². The van der Waals surface area contributed by atoms with Gasteiger partial charge in [0.25, 0.3) is 0 Å². The fourth-order valence-corrected chi connectivity index (χ4v) is 3.77. The van der Waals surface area contributed by atoms with Crippen LogP contribution in [-0.4, -0.2) is 21.7 Å². The number of nitrogens with two attached hydrogens (primary N) is 1. The minimum absolute atomic E-state index is 0.227. The topological polar surface area (TPSA) is 63.4 Å². The van der Waals surface area contributed by atoms with Gasteiger partial charge in [-0.15, -0.1) is 0 Å². The van der Waals surface area contributed by atoms with Gasteiger partial charge in [0.1, 0.15) is 0 Å². The van der Waals surface area contributed by atoms with Gasteiger partial charge >= 0.3 is 5.51 Å². The Morgan fingerprint density at radius 2 is 1.85 bits per heavy atom. The third kappa shape index (κ3) is 3.39. The molecule has 0 aromatic heterocycles. The van der Waals surface area contributed by atoms with Gasteiger partial charge in [0.2, 0.25) is 5.91 Å². The Bertz CT molecular complexity index is 855. The van der Waals surface area contributed by atoms with Crippen LogP contribution in [0.25, 0.3) is 0 Å². The Balaban J connectivity index is 2.09. The normalized spacial score (nSPS) is 19.8. The fraction of sp³-hybridized carbons (Fsp3) is 0.278. The van der Waals surface area contributed by atoms with Gasteiger partial charge in [0, 0.05) is 10.6 Å². The number of carbonyl (C=O) groups excluding carboxylic acids is 1. The first kappa shape index (κ1) is 18.6. The predicted molar refractivity (Wildman–Crippen MR) is 92.9 cm³/mol. The van der Waals surface area contributed by atoms with E-state index in [9.17, 15) is 22.2 Å². The number of amides is 1. The van der Waals surface area contributed by atoms with E-state index < -0.39 is 28.4 Å². The van der Waals surface area contributed by atoms with E-state index in [1.165, 1.54) is 23.1 Å². The largest absolute Gasteiger partial charge is 0.475 e. The molecule has 0 saturated heterocycles. The van der Waals surface area contributed by atoms with Crippen LogP contribution in [0.3, 0.4) is 0 Å². The van der Waals surface area contributed by atoms with Crippen molar-refractivity contribution in [3.05, 3.63) is 59.7 Å². The summed E-state index contributed by atoms with van der Waals surface area (Å²) in [6.07, 6.45) is 0.227. The van der Waals surface area contributed by atoms with E-state index in [-0.39, 0.29) is 17.2 Å². The number of rotatable bonds is 3. The molecule has 0 aliphatic carbocycles. The van der Waals surface area contributed by atoms with Crippen molar-refractivity contribution in [2.75, 3.05) is 4.90 Å². The molecule has 0 saturated carbocycles. The van der Waals surface area contributed by atoms with E-state index >= 15 is 0 Å². The van der Waals surface area contributed by atoms with E-state index in [2.05, 4.69) is 0 Å². The van der Waals surface area contributed by atoms with E-state index in [4.69, 9.17) is 5.73 Å². The fourth-order valence-electron chi connectivity index (χ4n) is 3.09. The average molecular weight is 382 g/mol. The predicted octanol–water partition coefficient (Wildman–Crippen LogP) is 3.29. The van der Waals surface area contributed by atoms with Crippen molar-refractivity contribution in [3.63, 3.8) is 0 Å². The number of hydrogen-bond donors (Lipinski definition) is 1. The molecule has 0 bridgehead atoms. The zero-order valence-corrected chi connectivity index (χ0v) is 14.7. The van der Waals surface area contributed by atoms with Gasteiger partial charge in [-0.1, -0.05) is 36.4 Å². The summed E-state index contributed by atoms with van der Waals surface area (Å²) < 4.78 is 50.2. The van der Waals surface area contributed by atoms with Gasteiger partial charge < -0.3 is 10.6 Å². The Morgan fingerprint density at radius 3 is 2.46 bits per heavy atom. The number of halogens is 3. The van der Waals surface area contributed by atoms with Crippen LogP contribution in [0.5, 0.6) is 0 Å². The first-order valence-corrected chi connectivity index (χ1v) is 9.10. The summed E-state index contributed by atoms with van der Waals surface area (Å²) in [4.78, 5) is 13.7. The Labute approximate surface area is 151 Å². The number of fused-ring (bicyclic) bond motifs is 1. The molecular weight excluding hydrogens is 365 g/mol. The van der Waals surface area contributed by atoms with Crippen LogP contribution in [0, 0.1) is 0 Å². The summed E-state index contributed by atoms with van der Waals surface area (Å²) in [6.45, 7) is 1.78. The van der Waals surface area contributed by atoms with Gasteiger partial charge in [0.05, 0.1) is 12.1 Å². The standard InChI is InChI=1S/C18H17F3N2O2S/c1-11(12-5-3-2-4-6-12)23-16-10-14(26(25)18(19,20)21)8-7-13(16)9-15(22)17(23)24/h2-8,10-11,15H,9,22H2,1H3/t11?,15-,26?/m1/s1. The molecule has 0 radical (unpaired) electrons. The van der Waals surface area contributed by atoms with Crippen LogP contribution < -0.4 is 10.6 Å². The third-order valence-electron chi connectivity index (χ3n) is 4.40. The second-order valence-corrected chi connectivity index (χ2v) is 7.58. The highest BCUT2D eigenvalue weighted by molar-refractivity contribution is 7.86. The van der Waals surface area contributed by atoms with Crippen LogP contribution in [0.2, 0.25) is 0 Å². The Morgan fingerprint density at radius 1 is 1.19 bits per heavy atom. The van der Waals surface area contributed by atoms with Crippen LogP contribution in [0.1, 0.15) is 24.1 Å². The van der Waals surface area contributed by atoms with Crippen molar-refractivity contribution < 1.29 is 22.2 Å². The lowest BCUT2D eigenvalue weighted by atomic mass is 9.94. The highest BCUT2D eigenvalue weighted by Crippen LogP contribution is 2.37. The summed E-state index contributed by atoms with van der Waals surface area (Å²) in [5.74, 6) is -0.371. The molecule has 3 atom stereocenters. The lowest BCUT2D eigenvalue weighted by molar-refractivity contribution is -0.120. The van der Waals surface area contributed by atoms with E-state index in [0.717, 1.165) is 5.56 Å². The highest BCUT2D eigenvalue weighted by atomic mass is 32.2. The number of nitrogens with zero attached hydrogens (tertiary/aromatic N) is 1. The molecule has 26 heavy (non-hydrogen) atoms. The van der Waals surface area contributed by atoms with Crippen LogP contribution >= 0.6 is 0 Å². The molecule has 0 spiro atoms. The zero-order chi connectivity index (χ0) is 19.1. The van der Waals surface area contributed by atoms with Crippen LogP contribution in [-0.2, 0) is 22.0 Å². The smallest absolute Gasteiger partial charge is 0.320 e. The summed E-state index contributed by atoms with van der Waals surface area (Å²) in [7, 11) is -3.16. The molecule has 0 fully saturated rings. The number of benzene rings is 2. The summed E-state index contributed by atoms with van der Waals surface area (Å²) >= 11 is 0. The molecule has 2 unspecified atom stereocenters. The van der Waals surface area contributed by atoms with Gasteiger partial charge in [-0.3, -0.25) is 4.79 Å². The maximum absolute atomic E-state index is 12.8. The molecule has 2 N–H and O–H groups in total. The summed E-state index contributed by atoms with van der Waals surface area (Å²) in [5, 5.41) is 0. The second kappa shape index (κ2) is 6.85. The van der Waals surface area contributed by atoms with Gasteiger partial charge in [-0.25, -0.2) is 4.21 Å². The maximum atomic E-state index is 12.8. The lowest BCUT2D eigenvalue weighted by Crippen LogP contribution is -2.49. The number of hydrogen-bond acceptors (Lipinski definition) is 3. The molecule has 1 aliphatic heterocycles. The molecule has 138 valence electrons. The second-order valence-electron chi connectivity index (χ2n) is 6.11. The average Bonchev–Trinajstić information content (AvgIpc) is 2.61. The van der Waals surface area contributed by atoms with E-state index in [0.29, 0.717) is 11.3 Å². The summed E-state index contributed by atoms with van der Waals surface area (Å²) in [5.41, 5.74) is 2.87. The quantitative estimate of drug-likeness (QED) is 0.886. The maximum Gasteiger partial charge on any atom is 0.475 e. The molecule has 8 heteroatoms. The molecule has 1 amide bonds. The van der Waals surface area contributed by atoms with Gasteiger partial charge in [-0.2, -0.15) is 13.2 Å². The van der Waals surface area contributed by atoms with Gasteiger partial charge in [0.15, 0.2) is 10.8 Å². The zero-order valence-electron chi connectivity index (χ0n) is 13.9. The summed E-state index contributed by atoms with van der Waals surface area (Å²) in [6, 6.07) is 11.7. The minimum atomic E-state index is -4.86. The SMILES string of the molecule is CC(c1ccccc1)N1C(=O)[C@H](N)Cc2ccc(S(=O)C(F)(F)F)cc21. The first-order valence-electron chi connectivity index (χ1n) is 7.95.